The molecule has 6 heteroatoms. The number of methoxy groups -OCH3 is 1. The Balaban J connectivity index is 2.65. The molecular weight excluding hydrogens is 238 g/mol. The lowest BCUT2D eigenvalue weighted by Gasteiger charge is -2.28. The molecular formula is C12H17NO5. The number of rotatable bonds is 6. The lowest BCUT2D eigenvalue weighted by atomic mass is 9.79. The average Bonchev–Trinajstić information content (AvgIpc) is 2.38. The molecule has 1 aliphatic carbocycles. The van der Waals surface area contributed by atoms with Crippen LogP contribution in [0.4, 0.5) is 0 Å². The molecule has 6 nitrogen and oxygen atoms in total. The molecule has 0 saturated heterocycles. The molecule has 0 spiro atoms. The van der Waals surface area contributed by atoms with E-state index in [1.54, 1.807) is 6.08 Å². The number of carbonyl (C=O) groups is 2. The van der Waals surface area contributed by atoms with Gasteiger partial charge in [-0.1, -0.05) is 6.08 Å². The minimum atomic E-state index is -1.10. The van der Waals surface area contributed by atoms with Gasteiger partial charge in [0.2, 0.25) is 5.54 Å². The maximum Gasteiger partial charge on any atom is 0.305 e. The number of nitro groups is 1. The largest absolute Gasteiger partial charge is 0.469 e. The molecule has 0 N–H and O–H groups in total. The Labute approximate surface area is 105 Å². The molecule has 0 bridgehead atoms. The van der Waals surface area contributed by atoms with E-state index in [1.165, 1.54) is 7.11 Å². The molecule has 1 rings (SSSR count). The molecule has 0 amide bonds. The lowest BCUT2D eigenvalue weighted by molar-refractivity contribution is -0.572. The molecule has 1 unspecified atom stereocenters. The second kappa shape index (κ2) is 6.28. The van der Waals surface area contributed by atoms with Crippen molar-refractivity contribution >= 4 is 12.3 Å². The predicted octanol–water partition coefficient (Wildman–Crippen LogP) is 1.65. The summed E-state index contributed by atoms with van der Waals surface area (Å²) in [5, 5.41) is 11.2. The number of nitrogens with zero attached hydrogens (tertiary/aromatic N) is 1. The summed E-state index contributed by atoms with van der Waals surface area (Å²) < 4.78 is 4.50. The second-order valence-electron chi connectivity index (χ2n) is 4.52. The Kier molecular flexibility index (Phi) is 5.00. The van der Waals surface area contributed by atoms with Crippen LogP contribution < -0.4 is 0 Å². The molecule has 0 aromatic heterocycles. The highest BCUT2D eigenvalue weighted by Crippen LogP contribution is 2.34. The molecule has 0 fully saturated rings. The molecule has 0 radical (unpaired) electrons. The van der Waals surface area contributed by atoms with Crippen LogP contribution in [0.5, 0.6) is 0 Å². The summed E-state index contributed by atoms with van der Waals surface area (Å²) in [6, 6.07) is 0. The van der Waals surface area contributed by atoms with Crippen LogP contribution in [0.2, 0.25) is 0 Å². The molecule has 0 aromatic rings. The van der Waals surface area contributed by atoms with E-state index >= 15 is 0 Å². The normalized spacial score (nSPS) is 23.1. The van der Waals surface area contributed by atoms with Crippen molar-refractivity contribution in [3.63, 3.8) is 0 Å². The number of carbonyl (C=O) groups excluding carboxylic acids is 2. The molecule has 0 saturated carbocycles. The van der Waals surface area contributed by atoms with Crippen LogP contribution in [-0.4, -0.2) is 29.8 Å². The van der Waals surface area contributed by atoms with Gasteiger partial charge in [0.05, 0.1) is 7.11 Å². The molecule has 18 heavy (non-hydrogen) atoms. The first-order valence-corrected chi connectivity index (χ1v) is 5.89. The van der Waals surface area contributed by atoms with E-state index in [-0.39, 0.29) is 23.7 Å². The summed E-state index contributed by atoms with van der Waals surface area (Å²) in [5.41, 5.74) is -0.616. The standard InChI is InChI=1S/C12H17NO5/c1-18-11(15)5-3-7-12(13(16)17)6-2-4-10(8-12)9-14/h4,9H,2-3,5-8H2,1H3. The van der Waals surface area contributed by atoms with Crippen LogP contribution in [0.3, 0.4) is 0 Å². The minimum Gasteiger partial charge on any atom is -0.469 e. The van der Waals surface area contributed by atoms with Gasteiger partial charge in [0, 0.05) is 30.6 Å². The van der Waals surface area contributed by atoms with E-state index in [1.807, 2.05) is 0 Å². The van der Waals surface area contributed by atoms with E-state index in [0.717, 1.165) is 0 Å². The zero-order chi connectivity index (χ0) is 13.6. The molecule has 0 aliphatic heterocycles. The van der Waals surface area contributed by atoms with E-state index in [0.29, 0.717) is 37.5 Å². The Bertz CT molecular complexity index is 377. The first-order valence-electron chi connectivity index (χ1n) is 5.89. The smallest absolute Gasteiger partial charge is 0.305 e. The van der Waals surface area contributed by atoms with Gasteiger partial charge < -0.3 is 4.74 Å². The van der Waals surface area contributed by atoms with E-state index in [2.05, 4.69) is 4.74 Å². The van der Waals surface area contributed by atoms with E-state index in [9.17, 15) is 19.7 Å². The van der Waals surface area contributed by atoms with Gasteiger partial charge in [-0.2, -0.15) is 0 Å². The fourth-order valence-corrected chi connectivity index (χ4v) is 2.28. The zero-order valence-corrected chi connectivity index (χ0v) is 10.4. The van der Waals surface area contributed by atoms with Gasteiger partial charge in [-0.3, -0.25) is 19.7 Å². The first kappa shape index (κ1) is 14.3. The Morgan fingerprint density at radius 2 is 2.39 bits per heavy atom. The van der Waals surface area contributed by atoms with Crippen molar-refractivity contribution in [2.24, 2.45) is 0 Å². The maximum atomic E-state index is 11.2. The fourth-order valence-electron chi connectivity index (χ4n) is 2.28. The number of ether oxygens (including phenoxy) is 1. The van der Waals surface area contributed by atoms with Crippen molar-refractivity contribution in [2.45, 2.75) is 44.1 Å². The molecule has 100 valence electrons. The van der Waals surface area contributed by atoms with E-state index < -0.39 is 5.54 Å². The lowest BCUT2D eigenvalue weighted by Crippen LogP contribution is -2.40. The third-order valence-corrected chi connectivity index (χ3v) is 3.34. The first-order chi connectivity index (χ1) is 8.54. The van der Waals surface area contributed by atoms with Gasteiger partial charge in [0.15, 0.2) is 0 Å². The predicted molar refractivity (Wildman–Crippen MR) is 63.6 cm³/mol. The van der Waals surface area contributed by atoms with Gasteiger partial charge in [-0.15, -0.1) is 0 Å². The summed E-state index contributed by atoms with van der Waals surface area (Å²) in [6.07, 6.45) is 4.40. The number of hydrogen-bond donors (Lipinski definition) is 0. The van der Waals surface area contributed by atoms with Crippen LogP contribution >= 0.6 is 0 Å². The molecule has 1 atom stereocenters. The number of esters is 1. The van der Waals surface area contributed by atoms with Crippen LogP contribution in [0.15, 0.2) is 11.6 Å². The van der Waals surface area contributed by atoms with Crippen molar-refractivity contribution in [3.05, 3.63) is 21.8 Å². The van der Waals surface area contributed by atoms with Crippen molar-refractivity contribution in [1.29, 1.82) is 0 Å². The number of allylic oxidation sites excluding steroid dienone is 1. The summed E-state index contributed by atoms with van der Waals surface area (Å²) in [5.74, 6) is -0.365. The van der Waals surface area contributed by atoms with Crippen LogP contribution in [0.1, 0.15) is 38.5 Å². The Morgan fingerprint density at radius 1 is 1.67 bits per heavy atom. The SMILES string of the molecule is COC(=O)CCCC1([N+](=O)[O-])CCC=C(C=O)C1. The molecule has 0 heterocycles. The van der Waals surface area contributed by atoms with Crippen molar-refractivity contribution < 1.29 is 19.2 Å². The van der Waals surface area contributed by atoms with Gasteiger partial charge in [-0.25, -0.2) is 0 Å². The van der Waals surface area contributed by atoms with Crippen LogP contribution in [0.25, 0.3) is 0 Å². The minimum absolute atomic E-state index is 0.157. The monoisotopic (exact) mass is 255 g/mol. The van der Waals surface area contributed by atoms with E-state index in [4.69, 9.17) is 0 Å². The highest BCUT2D eigenvalue weighted by Gasteiger charge is 2.44. The third kappa shape index (κ3) is 3.38. The topological polar surface area (TPSA) is 86.5 Å². The second-order valence-corrected chi connectivity index (χ2v) is 4.52. The highest BCUT2D eigenvalue weighted by atomic mass is 16.6. The summed E-state index contributed by atoms with van der Waals surface area (Å²) in [7, 11) is 1.29. The Morgan fingerprint density at radius 3 is 2.94 bits per heavy atom. The van der Waals surface area contributed by atoms with Crippen molar-refractivity contribution in [3.8, 4) is 0 Å². The third-order valence-electron chi connectivity index (χ3n) is 3.34. The van der Waals surface area contributed by atoms with Crippen molar-refractivity contribution in [1.82, 2.24) is 0 Å². The van der Waals surface area contributed by atoms with Gasteiger partial charge >= 0.3 is 5.97 Å². The van der Waals surface area contributed by atoms with Gasteiger partial charge in [0.25, 0.3) is 0 Å². The highest BCUT2D eigenvalue weighted by molar-refractivity contribution is 5.73. The summed E-state index contributed by atoms with van der Waals surface area (Å²) in [6.45, 7) is 0. The number of aldehydes is 1. The van der Waals surface area contributed by atoms with Crippen LogP contribution in [-0.2, 0) is 14.3 Å². The van der Waals surface area contributed by atoms with Crippen LogP contribution in [0, 0.1) is 10.1 Å². The fraction of sp³-hybridized carbons (Fsp3) is 0.667. The molecule has 0 aromatic carbocycles. The summed E-state index contributed by atoms with van der Waals surface area (Å²) in [4.78, 5) is 32.6. The van der Waals surface area contributed by atoms with Gasteiger partial charge in [-0.05, 0) is 18.4 Å². The quantitative estimate of drug-likeness (QED) is 0.312. The molecule has 1 aliphatic rings. The maximum absolute atomic E-state index is 11.2. The zero-order valence-electron chi connectivity index (χ0n) is 10.4. The summed E-state index contributed by atoms with van der Waals surface area (Å²) >= 11 is 0. The Hall–Kier alpha value is -1.72. The number of hydrogen-bond acceptors (Lipinski definition) is 5. The van der Waals surface area contributed by atoms with Crippen molar-refractivity contribution in [2.75, 3.05) is 7.11 Å². The average molecular weight is 255 g/mol. The van der Waals surface area contributed by atoms with Gasteiger partial charge in [0.1, 0.15) is 6.29 Å².